The summed E-state index contributed by atoms with van der Waals surface area (Å²) in [4.78, 5) is -0.637. The molecule has 0 N–H and O–H groups in total. The summed E-state index contributed by atoms with van der Waals surface area (Å²) in [7, 11) is -8.03. The van der Waals surface area contributed by atoms with Crippen LogP contribution in [0.3, 0.4) is 0 Å². The Hall–Kier alpha value is -1.55. The highest BCUT2D eigenvalue weighted by Gasteiger charge is 2.40. The zero-order chi connectivity index (χ0) is 19.1. The molecule has 1 saturated heterocycles. The highest BCUT2D eigenvalue weighted by Crippen LogP contribution is 2.29. The Labute approximate surface area is 155 Å². The van der Waals surface area contributed by atoms with Crippen LogP contribution in [0, 0.1) is 11.6 Å². The number of hydrogen-bond acceptors (Lipinski definition) is 4. The van der Waals surface area contributed by atoms with Crippen molar-refractivity contribution in [2.75, 3.05) is 13.1 Å². The molecule has 0 spiro atoms. The molecule has 0 aliphatic carbocycles. The van der Waals surface area contributed by atoms with E-state index in [1.54, 1.807) is 0 Å². The quantitative estimate of drug-likeness (QED) is 0.761. The summed E-state index contributed by atoms with van der Waals surface area (Å²) in [5, 5.41) is -0.576. The molecule has 2 aromatic carbocycles. The zero-order valence-electron chi connectivity index (χ0n) is 13.3. The van der Waals surface area contributed by atoms with Crippen molar-refractivity contribution < 1.29 is 25.6 Å². The van der Waals surface area contributed by atoms with E-state index < -0.39 is 41.6 Å². The van der Waals surface area contributed by atoms with Gasteiger partial charge in [0.15, 0.2) is 9.84 Å². The Bertz CT molecular complexity index is 1040. The van der Waals surface area contributed by atoms with Crippen LogP contribution in [0.4, 0.5) is 8.78 Å². The van der Waals surface area contributed by atoms with E-state index in [-0.39, 0.29) is 24.4 Å². The molecule has 0 radical (unpaired) electrons. The third-order valence-electron chi connectivity index (χ3n) is 4.20. The summed E-state index contributed by atoms with van der Waals surface area (Å²) in [6.07, 6.45) is 0.0764. The van der Waals surface area contributed by atoms with Crippen molar-refractivity contribution >= 4 is 31.5 Å². The van der Waals surface area contributed by atoms with Crippen molar-refractivity contribution in [2.45, 2.75) is 21.5 Å². The maximum Gasteiger partial charge on any atom is 0.246 e. The SMILES string of the molecule is O=S(=O)(c1ccc(Cl)cc1)C1CCN(S(=O)(=O)c2ccc(F)cc2F)C1. The standard InChI is InChI=1S/C16H14ClF2NO4S2/c17-11-1-4-13(5-2-11)25(21,22)14-7-8-20(10-14)26(23,24)16-6-3-12(18)9-15(16)19/h1-6,9,14H,7-8,10H2. The van der Waals surface area contributed by atoms with Gasteiger partial charge in [0, 0.05) is 24.2 Å². The number of halogens is 3. The first-order valence-electron chi connectivity index (χ1n) is 7.57. The average molecular weight is 422 g/mol. The molecule has 2 aromatic rings. The number of sulfonamides is 1. The molecule has 26 heavy (non-hydrogen) atoms. The molecule has 10 heteroatoms. The topological polar surface area (TPSA) is 71.5 Å². The third kappa shape index (κ3) is 3.48. The van der Waals surface area contributed by atoms with Crippen molar-refractivity contribution in [2.24, 2.45) is 0 Å². The lowest BCUT2D eigenvalue weighted by molar-refractivity contribution is 0.467. The predicted octanol–water partition coefficient (Wildman–Crippen LogP) is 2.86. The van der Waals surface area contributed by atoms with Gasteiger partial charge in [0.05, 0.1) is 10.1 Å². The largest absolute Gasteiger partial charge is 0.246 e. The van der Waals surface area contributed by atoms with Gasteiger partial charge in [0.25, 0.3) is 0 Å². The van der Waals surface area contributed by atoms with Gasteiger partial charge in [0.1, 0.15) is 16.5 Å². The van der Waals surface area contributed by atoms with E-state index in [1.807, 2.05) is 0 Å². The van der Waals surface area contributed by atoms with Crippen LogP contribution >= 0.6 is 11.6 Å². The van der Waals surface area contributed by atoms with Gasteiger partial charge in [-0.15, -0.1) is 0 Å². The van der Waals surface area contributed by atoms with Gasteiger partial charge in [-0.25, -0.2) is 25.6 Å². The predicted molar refractivity (Wildman–Crippen MR) is 92.2 cm³/mol. The second kappa shape index (κ2) is 6.88. The van der Waals surface area contributed by atoms with E-state index in [2.05, 4.69) is 0 Å². The van der Waals surface area contributed by atoms with Crippen LogP contribution < -0.4 is 0 Å². The van der Waals surface area contributed by atoms with Crippen molar-refractivity contribution in [3.05, 3.63) is 59.1 Å². The van der Waals surface area contributed by atoms with Gasteiger partial charge in [-0.3, -0.25) is 0 Å². The molecule has 0 saturated carbocycles. The minimum absolute atomic E-state index is 0.0408. The summed E-state index contributed by atoms with van der Waals surface area (Å²) < 4.78 is 78.3. The number of rotatable bonds is 4. The van der Waals surface area contributed by atoms with E-state index in [0.29, 0.717) is 11.1 Å². The Morgan fingerprint density at radius 1 is 1.00 bits per heavy atom. The summed E-state index contributed by atoms with van der Waals surface area (Å²) in [6.45, 7) is -0.374. The van der Waals surface area contributed by atoms with Gasteiger partial charge in [0.2, 0.25) is 10.0 Å². The molecule has 140 valence electrons. The highest BCUT2D eigenvalue weighted by atomic mass is 35.5. The normalized spacial score (nSPS) is 19.0. The Morgan fingerprint density at radius 2 is 1.65 bits per heavy atom. The molecule has 0 aromatic heterocycles. The van der Waals surface area contributed by atoms with Gasteiger partial charge in [-0.05, 0) is 42.8 Å². The van der Waals surface area contributed by atoms with E-state index in [1.165, 1.54) is 24.3 Å². The van der Waals surface area contributed by atoms with Gasteiger partial charge < -0.3 is 0 Å². The molecule has 1 aliphatic heterocycles. The summed E-state index contributed by atoms with van der Waals surface area (Å²) in [6, 6.07) is 7.74. The summed E-state index contributed by atoms with van der Waals surface area (Å²) in [5.74, 6) is -2.11. The van der Waals surface area contributed by atoms with Gasteiger partial charge in [-0.1, -0.05) is 11.6 Å². The first-order chi connectivity index (χ1) is 12.1. The molecule has 1 atom stereocenters. The fourth-order valence-corrected chi connectivity index (χ4v) is 6.27. The van der Waals surface area contributed by atoms with Crippen LogP contribution in [0.1, 0.15) is 6.42 Å². The fraction of sp³-hybridized carbons (Fsp3) is 0.250. The lowest BCUT2D eigenvalue weighted by Gasteiger charge is -2.17. The Kier molecular flexibility index (Phi) is 5.08. The maximum atomic E-state index is 13.9. The zero-order valence-corrected chi connectivity index (χ0v) is 15.7. The molecule has 5 nitrogen and oxygen atoms in total. The van der Waals surface area contributed by atoms with Crippen LogP contribution in [0.2, 0.25) is 5.02 Å². The van der Waals surface area contributed by atoms with Crippen LogP contribution in [0.25, 0.3) is 0 Å². The molecule has 0 amide bonds. The minimum Gasteiger partial charge on any atom is -0.223 e. The monoisotopic (exact) mass is 421 g/mol. The molecule has 3 rings (SSSR count). The molecule has 1 aliphatic rings. The van der Waals surface area contributed by atoms with E-state index in [0.717, 1.165) is 16.4 Å². The Morgan fingerprint density at radius 3 is 2.27 bits per heavy atom. The Balaban J connectivity index is 1.87. The van der Waals surface area contributed by atoms with E-state index in [4.69, 9.17) is 11.6 Å². The lowest BCUT2D eigenvalue weighted by atomic mass is 10.3. The fourth-order valence-electron chi connectivity index (χ4n) is 2.81. The number of sulfone groups is 1. The summed E-state index contributed by atoms with van der Waals surface area (Å²) >= 11 is 5.75. The smallest absolute Gasteiger partial charge is 0.223 e. The van der Waals surface area contributed by atoms with Crippen LogP contribution in [0.15, 0.2) is 52.3 Å². The molecule has 1 fully saturated rings. The van der Waals surface area contributed by atoms with Crippen molar-refractivity contribution in [1.82, 2.24) is 4.31 Å². The minimum atomic E-state index is -4.26. The van der Waals surface area contributed by atoms with Gasteiger partial charge in [-0.2, -0.15) is 4.31 Å². The lowest BCUT2D eigenvalue weighted by Crippen LogP contribution is -2.32. The number of benzene rings is 2. The van der Waals surface area contributed by atoms with Gasteiger partial charge >= 0.3 is 0 Å². The molecule has 1 heterocycles. The molecule has 0 bridgehead atoms. The average Bonchev–Trinajstić information content (AvgIpc) is 3.06. The van der Waals surface area contributed by atoms with Crippen LogP contribution in [0.5, 0.6) is 0 Å². The van der Waals surface area contributed by atoms with Crippen molar-refractivity contribution in [1.29, 1.82) is 0 Å². The molecular weight excluding hydrogens is 408 g/mol. The number of nitrogens with zero attached hydrogens (tertiary/aromatic N) is 1. The van der Waals surface area contributed by atoms with E-state index >= 15 is 0 Å². The first kappa shape index (κ1) is 19.2. The maximum absolute atomic E-state index is 13.9. The van der Waals surface area contributed by atoms with Crippen LogP contribution in [-0.4, -0.2) is 39.5 Å². The highest BCUT2D eigenvalue weighted by molar-refractivity contribution is 7.92. The van der Waals surface area contributed by atoms with E-state index in [9.17, 15) is 25.6 Å². The first-order valence-corrected chi connectivity index (χ1v) is 10.9. The molecule has 1 unspecified atom stereocenters. The van der Waals surface area contributed by atoms with Crippen molar-refractivity contribution in [3.63, 3.8) is 0 Å². The number of hydrogen-bond donors (Lipinski definition) is 0. The molecular formula is C16H14ClF2NO4S2. The van der Waals surface area contributed by atoms with Crippen LogP contribution in [-0.2, 0) is 19.9 Å². The second-order valence-electron chi connectivity index (χ2n) is 5.85. The second-order valence-corrected chi connectivity index (χ2v) is 10.4. The summed E-state index contributed by atoms with van der Waals surface area (Å²) in [5.41, 5.74) is 0. The van der Waals surface area contributed by atoms with Crippen molar-refractivity contribution in [3.8, 4) is 0 Å². The third-order valence-corrected chi connectivity index (χ3v) is 8.54.